The Hall–Kier alpha value is -2.38. The Bertz CT molecular complexity index is 859. The first-order chi connectivity index (χ1) is 11.7. The molecule has 0 atom stereocenters. The van der Waals surface area contributed by atoms with E-state index >= 15 is 0 Å². The summed E-state index contributed by atoms with van der Waals surface area (Å²) in [5.74, 6) is -0.561. The minimum Gasteiger partial charge on any atom is -0.465 e. The van der Waals surface area contributed by atoms with Crippen LogP contribution in [0.5, 0.6) is 0 Å². The van der Waals surface area contributed by atoms with Crippen LogP contribution in [-0.4, -0.2) is 35.6 Å². The number of hydrogen-bond acceptors (Lipinski definition) is 5. The summed E-state index contributed by atoms with van der Waals surface area (Å²) in [6, 6.07) is 12.0. The van der Waals surface area contributed by atoms with Gasteiger partial charge >= 0.3 is 5.97 Å². The Balaban J connectivity index is 2.17. The fourth-order valence-corrected chi connectivity index (χ4v) is 3.32. The molecule has 0 saturated heterocycles. The summed E-state index contributed by atoms with van der Waals surface area (Å²) >= 11 is 0. The van der Waals surface area contributed by atoms with Crippen LogP contribution in [-0.2, 0) is 21.3 Å². The second-order valence-corrected chi connectivity index (χ2v) is 7.62. The molecule has 7 heteroatoms. The molecule has 134 valence electrons. The number of rotatable bonds is 6. The summed E-state index contributed by atoms with van der Waals surface area (Å²) in [7, 11) is 1.41. The van der Waals surface area contributed by atoms with Crippen LogP contribution in [0.3, 0.4) is 0 Å². The molecule has 0 spiro atoms. The first-order valence-corrected chi connectivity index (χ1v) is 9.18. The van der Waals surface area contributed by atoms with Gasteiger partial charge in [0.1, 0.15) is 0 Å². The molecule has 2 rings (SSSR count). The maximum absolute atomic E-state index is 12.5. The average molecular weight is 362 g/mol. The highest BCUT2D eigenvalue weighted by Gasteiger charge is 2.18. The van der Waals surface area contributed by atoms with Gasteiger partial charge in [-0.1, -0.05) is 18.2 Å². The Labute approximate surface area is 148 Å². The number of sulfonamides is 1. The largest absolute Gasteiger partial charge is 0.465 e. The minimum atomic E-state index is -3.73. The van der Waals surface area contributed by atoms with Crippen molar-refractivity contribution >= 4 is 21.7 Å². The molecule has 0 heterocycles. The van der Waals surface area contributed by atoms with Crippen molar-refractivity contribution in [3.63, 3.8) is 0 Å². The third-order valence-electron chi connectivity index (χ3n) is 3.84. The smallest absolute Gasteiger partial charge is 0.338 e. The highest BCUT2D eigenvalue weighted by atomic mass is 32.2. The number of nitrogens with one attached hydrogen (secondary N) is 1. The lowest BCUT2D eigenvalue weighted by Gasteiger charge is -2.13. The van der Waals surface area contributed by atoms with E-state index in [2.05, 4.69) is 9.46 Å². The molecule has 0 aromatic heterocycles. The van der Waals surface area contributed by atoms with E-state index in [1.165, 1.54) is 19.2 Å². The molecule has 0 bridgehead atoms. The van der Waals surface area contributed by atoms with Crippen molar-refractivity contribution in [3.05, 3.63) is 59.2 Å². The van der Waals surface area contributed by atoms with Crippen LogP contribution < -0.4 is 9.62 Å². The number of ether oxygens (including phenoxy) is 1. The summed E-state index contributed by atoms with van der Waals surface area (Å²) < 4.78 is 32.2. The van der Waals surface area contributed by atoms with Gasteiger partial charge in [-0.05, 0) is 42.3 Å². The van der Waals surface area contributed by atoms with Gasteiger partial charge in [-0.25, -0.2) is 17.9 Å². The highest BCUT2D eigenvalue weighted by Crippen LogP contribution is 2.17. The van der Waals surface area contributed by atoms with E-state index in [0.29, 0.717) is 5.56 Å². The SMILES string of the molecule is COC(=O)c1cc(S(=O)(=O)NCc2ccc(N(C)C)cc2)ccc1C. The molecule has 0 unspecified atom stereocenters. The van der Waals surface area contributed by atoms with Crippen LogP contribution in [0.25, 0.3) is 0 Å². The summed E-state index contributed by atoms with van der Waals surface area (Å²) in [5, 5.41) is 0. The first kappa shape index (κ1) is 19.0. The topological polar surface area (TPSA) is 75.7 Å². The Morgan fingerprint density at radius 3 is 2.32 bits per heavy atom. The number of carbonyl (C=O) groups is 1. The second kappa shape index (κ2) is 7.67. The van der Waals surface area contributed by atoms with Crippen molar-refractivity contribution in [2.45, 2.75) is 18.4 Å². The zero-order valence-electron chi connectivity index (χ0n) is 14.7. The van der Waals surface area contributed by atoms with Gasteiger partial charge in [0.25, 0.3) is 0 Å². The van der Waals surface area contributed by atoms with Crippen LogP contribution >= 0.6 is 0 Å². The Kier molecular flexibility index (Phi) is 5.81. The lowest BCUT2D eigenvalue weighted by Crippen LogP contribution is -2.23. The molecule has 0 aliphatic rings. The van der Waals surface area contributed by atoms with Crippen LogP contribution in [0, 0.1) is 6.92 Å². The normalized spacial score (nSPS) is 11.2. The van der Waals surface area contributed by atoms with Gasteiger partial charge in [0, 0.05) is 26.3 Å². The van der Waals surface area contributed by atoms with Gasteiger partial charge in [0.05, 0.1) is 17.6 Å². The molecule has 0 aliphatic carbocycles. The minimum absolute atomic E-state index is 0.0309. The molecule has 2 aromatic carbocycles. The number of methoxy groups -OCH3 is 1. The molecular formula is C18H22N2O4S. The van der Waals surface area contributed by atoms with Crippen LogP contribution in [0.15, 0.2) is 47.4 Å². The predicted octanol–water partition coefficient (Wildman–Crippen LogP) is 2.33. The Morgan fingerprint density at radius 1 is 1.12 bits per heavy atom. The number of esters is 1. The molecule has 0 fully saturated rings. The molecule has 6 nitrogen and oxygen atoms in total. The summed E-state index contributed by atoms with van der Waals surface area (Å²) in [6.07, 6.45) is 0. The van der Waals surface area contributed by atoms with Crippen molar-refractivity contribution in [1.82, 2.24) is 4.72 Å². The van der Waals surface area contributed by atoms with E-state index in [1.54, 1.807) is 13.0 Å². The molecule has 1 N–H and O–H groups in total. The van der Waals surface area contributed by atoms with Gasteiger partial charge in [0.2, 0.25) is 10.0 Å². The van der Waals surface area contributed by atoms with Crippen molar-refractivity contribution in [3.8, 4) is 0 Å². The van der Waals surface area contributed by atoms with E-state index in [9.17, 15) is 13.2 Å². The lowest BCUT2D eigenvalue weighted by atomic mass is 10.1. The zero-order valence-corrected chi connectivity index (χ0v) is 15.6. The number of benzene rings is 2. The van der Waals surface area contributed by atoms with Gasteiger partial charge < -0.3 is 9.64 Å². The summed E-state index contributed by atoms with van der Waals surface area (Å²) in [5.41, 5.74) is 2.77. The third kappa shape index (κ3) is 4.58. The van der Waals surface area contributed by atoms with Crippen molar-refractivity contribution in [1.29, 1.82) is 0 Å². The Morgan fingerprint density at radius 2 is 1.76 bits per heavy atom. The maximum Gasteiger partial charge on any atom is 0.338 e. The molecule has 2 aromatic rings. The van der Waals surface area contributed by atoms with Crippen LogP contribution in [0.4, 0.5) is 5.69 Å². The standard InChI is InChI=1S/C18H22N2O4S/c1-13-5-10-16(11-17(13)18(21)24-4)25(22,23)19-12-14-6-8-15(9-7-14)20(2)3/h5-11,19H,12H2,1-4H3. The number of nitrogens with zero attached hydrogens (tertiary/aromatic N) is 1. The quantitative estimate of drug-likeness (QED) is 0.798. The van der Waals surface area contributed by atoms with Gasteiger partial charge in [0.15, 0.2) is 0 Å². The molecule has 0 amide bonds. The molecule has 25 heavy (non-hydrogen) atoms. The average Bonchev–Trinajstić information content (AvgIpc) is 2.60. The van der Waals surface area contributed by atoms with Gasteiger partial charge in [-0.15, -0.1) is 0 Å². The molecular weight excluding hydrogens is 340 g/mol. The third-order valence-corrected chi connectivity index (χ3v) is 5.24. The summed E-state index contributed by atoms with van der Waals surface area (Å²) in [4.78, 5) is 13.7. The first-order valence-electron chi connectivity index (χ1n) is 7.69. The number of aryl methyl sites for hydroxylation is 1. The second-order valence-electron chi connectivity index (χ2n) is 5.85. The van der Waals surface area contributed by atoms with Crippen molar-refractivity contribution in [2.75, 3.05) is 26.1 Å². The number of carbonyl (C=O) groups excluding carboxylic acids is 1. The predicted molar refractivity (Wildman–Crippen MR) is 97.3 cm³/mol. The molecule has 0 aliphatic heterocycles. The van der Waals surface area contributed by atoms with Crippen molar-refractivity contribution < 1.29 is 17.9 Å². The van der Waals surface area contributed by atoms with E-state index in [1.807, 2.05) is 43.3 Å². The van der Waals surface area contributed by atoms with E-state index in [4.69, 9.17) is 0 Å². The van der Waals surface area contributed by atoms with E-state index in [-0.39, 0.29) is 17.0 Å². The zero-order chi connectivity index (χ0) is 18.6. The lowest BCUT2D eigenvalue weighted by molar-refractivity contribution is 0.0599. The monoisotopic (exact) mass is 362 g/mol. The molecule has 0 radical (unpaired) electrons. The number of anilines is 1. The van der Waals surface area contributed by atoms with Gasteiger partial charge in [-0.3, -0.25) is 0 Å². The van der Waals surface area contributed by atoms with Crippen molar-refractivity contribution in [2.24, 2.45) is 0 Å². The van der Waals surface area contributed by atoms with E-state index in [0.717, 1.165) is 11.3 Å². The maximum atomic E-state index is 12.5. The molecule has 0 saturated carbocycles. The van der Waals surface area contributed by atoms with Crippen LogP contribution in [0.1, 0.15) is 21.5 Å². The van der Waals surface area contributed by atoms with Crippen LogP contribution in [0.2, 0.25) is 0 Å². The summed E-state index contributed by atoms with van der Waals surface area (Å²) in [6.45, 7) is 1.89. The highest BCUT2D eigenvalue weighted by molar-refractivity contribution is 7.89. The number of hydrogen-bond donors (Lipinski definition) is 1. The fourth-order valence-electron chi connectivity index (χ4n) is 2.27. The van der Waals surface area contributed by atoms with E-state index < -0.39 is 16.0 Å². The van der Waals surface area contributed by atoms with Gasteiger partial charge in [-0.2, -0.15) is 0 Å². The fraction of sp³-hybridized carbons (Fsp3) is 0.278.